The van der Waals surface area contributed by atoms with Crippen molar-refractivity contribution in [3.05, 3.63) is 22.8 Å². The highest BCUT2D eigenvalue weighted by Crippen LogP contribution is 2.25. The molecule has 2 rings (SSSR count). The van der Waals surface area contributed by atoms with E-state index < -0.39 is 0 Å². The molecule has 86 valence electrons. The van der Waals surface area contributed by atoms with Crippen LogP contribution in [0, 0.1) is 0 Å². The van der Waals surface area contributed by atoms with Crippen molar-refractivity contribution in [3.8, 4) is 0 Å². The summed E-state index contributed by atoms with van der Waals surface area (Å²) in [5, 5.41) is 0. The van der Waals surface area contributed by atoms with E-state index in [4.69, 9.17) is 9.31 Å². The molecule has 0 spiro atoms. The van der Waals surface area contributed by atoms with E-state index in [2.05, 4.69) is 41.7 Å². The molecule has 16 heavy (non-hydrogen) atoms. The van der Waals surface area contributed by atoms with E-state index in [0.717, 1.165) is 16.6 Å². The van der Waals surface area contributed by atoms with Gasteiger partial charge in [0.25, 0.3) is 0 Å². The van der Waals surface area contributed by atoms with Crippen molar-refractivity contribution < 1.29 is 9.31 Å². The smallest absolute Gasteiger partial charge is 0.404 e. The average molecular weight is 284 g/mol. The third kappa shape index (κ3) is 2.84. The van der Waals surface area contributed by atoms with Gasteiger partial charge in [-0.15, -0.1) is 0 Å². The summed E-state index contributed by atoms with van der Waals surface area (Å²) in [6.07, 6.45) is 1.09. The number of hydrogen-bond acceptors (Lipinski definition) is 3. The second-order valence-electron chi connectivity index (χ2n) is 4.75. The maximum absolute atomic E-state index is 5.88. The first-order valence-electron chi connectivity index (χ1n) is 5.42. The van der Waals surface area contributed by atoms with E-state index in [-0.39, 0.29) is 18.8 Å². The molecule has 1 aromatic rings. The van der Waals surface area contributed by atoms with Crippen molar-refractivity contribution in [1.29, 1.82) is 0 Å². The minimum atomic E-state index is -0.365. The van der Waals surface area contributed by atoms with E-state index in [0.29, 0.717) is 0 Å². The molecule has 0 aliphatic carbocycles. The summed E-state index contributed by atoms with van der Waals surface area (Å²) < 4.78 is 12.4. The molecular formula is C11H15BBrNO2. The van der Waals surface area contributed by atoms with Gasteiger partial charge < -0.3 is 9.31 Å². The molecule has 0 bridgehead atoms. The second kappa shape index (κ2) is 4.47. The van der Waals surface area contributed by atoms with Gasteiger partial charge in [-0.3, -0.25) is 0 Å². The Morgan fingerprint density at radius 2 is 2.25 bits per heavy atom. The Morgan fingerprint density at radius 1 is 1.50 bits per heavy atom. The van der Waals surface area contributed by atoms with Gasteiger partial charge >= 0.3 is 7.12 Å². The van der Waals surface area contributed by atoms with Crippen LogP contribution in [0.2, 0.25) is 0 Å². The van der Waals surface area contributed by atoms with Gasteiger partial charge in [0.15, 0.2) is 0 Å². The molecule has 0 amide bonds. The van der Waals surface area contributed by atoms with Crippen molar-refractivity contribution in [2.45, 2.75) is 38.9 Å². The summed E-state index contributed by atoms with van der Waals surface area (Å²) in [5.74, 6) is 0. The van der Waals surface area contributed by atoms with Crippen LogP contribution < -0.4 is 5.59 Å². The first-order chi connectivity index (χ1) is 7.46. The molecule has 0 N–H and O–H groups in total. The van der Waals surface area contributed by atoms with Gasteiger partial charge in [0.1, 0.15) is 4.60 Å². The Morgan fingerprint density at radius 3 is 2.88 bits per heavy atom. The fourth-order valence-corrected chi connectivity index (χ4v) is 2.36. The van der Waals surface area contributed by atoms with Crippen LogP contribution in [0.15, 0.2) is 22.8 Å². The molecule has 1 fully saturated rings. The Hall–Kier alpha value is -0.385. The molecule has 1 aliphatic rings. The minimum Gasteiger partial charge on any atom is -0.404 e. The third-order valence-corrected chi connectivity index (χ3v) is 2.98. The summed E-state index contributed by atoms with van der Waals surface area (Å²) in [7, 11) is -0.365. The molecule has 1 aromatic heterocycles. The summed E-state index contributed by atoms with van der Waals surface area (Å²) in [4.78, 5) is 4.36. The predicted octanol–water partition coefficient (Wildman–Crippen LogP) is 2.14. The highest BCUT2D eigenvalue weighted by atomic mass is 79.9. The van der Waals surface area contributed by atoms with Crippen LogP contribution in [-0.2, 0) is 9.31 Å². The van der Waals surface area contributed by atoms with Crippen LogP contribution in [-0.4, -0.2) is 23.8 Å². The third-order valence-electron chi connectivity index (χ3n) is 2.54. The number of halogens is 1. The van der Waals surface area contributed by atoms with Gasteiger partial charge in [-0.1, -0.05) is 6.07 Å². The highest BCUT2D eigenvalue weighted by molar-refractivity contribution is 9.10. The molecule has 0 radical (unpaired) electrons. The van der Waals surface area contributed by atoms with E-state index in [1.165, 1.54) is 0 Å². The van der Waals surface area contributed by atoms with Gasteiger partial charge in [0.05, 0.1) is 11.2 Å². The zero-order valence-electron chi connectivity index (χ0n) is 9.74. The maximum atomic E-state index is 5.88. The Bertz CT molecular complexity index is 386. The first kappa shape index (κ1) is 12.1. The second-order valence-corrected chi connectivity index (χ2v) is 5.56. The molecule has 1 aliphatic heterocycles. The van der Waals surface area contributed by atoms with Crippen LogP contribution in [0.25, 0.3) is 0 Å². The monoisotopic (exact) mass is 283 g/mol. The SMILES string of the molecule is CC1CC(C)(C)OB(c2cccc(Br)n2)O1. The first-order valence-corrected chi connectivity index (χ1v) is 6.21. The largest absolute Gasteiger partial charge is 0.514 e. The van der Waals surface area contributed by atoms with Crippen molar-refractivity contribution in [1.82, 2.24) is 4.98 Å². The minimum absolute atomic E-state index is 0.160. The molecule has 1 unspecified atom stereocenters. The standard InChI is InChI=1S/C11H15BBrNO2/c1-8-7-11(2,3)16-12(15-8)9-5-4-6-10(13)14-9/h4-6,8H,7H2,1-3H3. The van der Waals surface area contributed by atoms with E-state index >= 15 is 0 Å². The fourth-order valence-electron chi connectivity index (χ4n) is 2.00. The zero-order valence-corrected chi connectivity index (χ0v) is 11.3. The summed E-state index contributed by atoms with van der Waals surface area (Å²) in [6.45, 7) is 6.23. The lowest BCUT2D eigenvalue weighted by molar-refractivity contribution is -0.0233. The molecule has 3 nitrogen and oxygen atoms in total. The maximum Gasteiger partial charge on any atom is 0.514 e. The van der Waals surface area contributed by atoms with Gasteiger partial charge in [-0.25, -0.2) is 4.98 Å². The highest BCUT2D eigenvalue weighted by Gasteiger charge is 2.39. The summed E-state index contributed by atoms with van der Waals surface area (Å²) in [6, 6.07) is 5.75. The number of aromatic nitrogens is 1. The molecule has 5 heteroatoms. The van der Waals surface area contributed by atoms with Crippen LogP contribution in [0.1, 0.15) is 27.2 Å². The Kier molecular flexibility index (Phi) is 3.38. The lowest BCUT2D eigenvalue weighted by Crippen LogP contribution is -2.52. The fraction of sp³-hybridized carbons (Fsp3) is 0.545. The summed E-state index contributed by atoms with van der Waals surface area (Å²) in [5.41, 5.74) is 0.654. The normalized spacial score (nSPS) is 24.5. The van der Waals surface area contributed by atoms with Crippen molar-refractivity contribution in [2.75, 3.05) is 0 Å². The number of pyridine rings is 1. The molecule has 0 saturated carbocycles. The molecular weight excluding hydrogens is 269 g/mol. The number of hydrogen-bond donors (Lipinski definition) is 0. The quantitative estimate of drug-likeness (QED) is 0.585. The van der Waals surface area contributed by atoms with Crippen molar-refractivity contribution in [2.24, 2.45) is 0 Å². The van der Waals surface area contributed by atoms with Gasteiger partial charge in [0.2, 0.25) is 0 Å². The van der Waals surface area contributed by atoms with Crippen molar-refractivity contribution in [3.63, 3.8) is 0 Å². The number of nitrogens with zero attached hydrogens (tertiary/aromatic N) is 1. The van der Waals surface area contributed by atoms with Crippen LogP contribution in [0.3, 0.4) is 0 Å². The van der Waals surface area contributed by atoms with E-state index in [1.807, 2.05) is 18.2 Å². The Balaban J connectivity index is 2.21. The number of rotatable bonds is 1. The topological polar surface area (TPSA) is 31.4 Å². The van der Waals surface area contributed by atoms with Gasteiger partial charge in [-0.05, 0) is 55.3 Å². The zero-order chi connectivity index (χ0) is 11.8. The predicted molar refractivity (Wildman–Crippen MR) is 67.7 cm³/mol. The van der Waals surface area contributed by atoms with Crippen LogP contribution in [0.5, 0.6) is 0 Å². The Labute approximate surface area is 105 Å². The molecule has 0 aromatic carbocycles. The molecule has 1 saturated heterocycles. The van der Waals surface area contributed by atoms with Gasteiger partial charge in [0, 0.05) is 6.10 Å². The van der Waals surface area contributed by atoms with Crippen LogP contribution in [0.4, 0.5) is 0 Å². The average Bonchev–Trinajstić information content (AvgIpc) is 2.14. The van der Waals surface area contributed by atoms with Gasteiger partial charge in [-0.2, -0.15) is 0 Å². The lowest BCUT2D eigenvalue weighted by Gasteiger charge is -2.37. The lowest BCUT2D eigenvalue weighted by atomic mass is 9.79. The van der Waals surface area contributed by atoms with E-state index in [9.17, 15) is 0 Å². The molecule has 1 atom stereocenters. The van der Waals surface area contributed by atoms with Crippen molar-refractivity contribution >= 4 is 28.6 Å². The summed E-state index contributed by atoms with van der Waals surface area (Å²) >= 11 is 3.35. The van der Waals surface area contributed by atoms with Crippen LogP contribution >= 0.6 is 15.9 Å². The van der Waals surface area contributed by atoms with E-state index in [1.54, 1.807) is 0 Å². The molecule has 2 heterocycles.